The molecule has 1 rings (SSSR count). The van der Waals surface area contributed by atoms with Crippen molar-refractivity contribution in [1.82, 2.24) is 4.98 Å². The molecular weight excluding hydrogens is 259 g/mol. The predicted molar refractivity (Wildman–Crippen MR) is 68.1 cm³/mol. The lowest BCUT2D eigenvalue weighted by molar-refractivity contribution is -0.137. The Morgan fingerprint density at radius 2 is 1.84 bits per heavy atom. The Kier molecular flexibility index (Phi) is 4.99. The molecule has 0 spiro atoms. The zero-order chi connectivity index (χ0) is 14.6. The number of aliphatic hydroxyl groups is 1. The van der Waals surface area contributed by atoms with Crippen molar-refractivity contribution in [2.45, 2.75) is 26.1 Å². The monoisotopic (exact) mass is 277 g/mol. The highest BCUT2D eigenvalue weighted by molar-refractivity contribution is 5.49. The van der Waals surface area contributed by atoms with Gasteiger partial charge in [-0.2, -0.15) is 13.2 Å². The third kappa shape index (κ3) is 4.59. The highest BCUT2D eigenvalue weighted by Gasteiger charge is 2.31. The lowest BCUT2D eigenvalue weighted by Crippen LogP contribution is -2.25. The molecule has 3 N–H and O–H groups in total. The third-order valence-corrected chi connectivity index (χ3v) is 2.67. The van der Waals surface area contributed by atoms with Crippen molar-refractivity contribution in [3.8, 4) is 0 Å². The van der Waals surface area contributed by atoms with Crippen molar-refractivity contribution in [1.29, 1.82) is 0 Å². The van der Waals surface area contributed by atoms with Crippen molar-refractivity contribution >= 4 is 11.6 Å². The van der Waals surface area contributed by atoms with Gasteiger partial charge in [-0.3, -0.25) is 0 Å². The van der Waals surface area contributed by atoms with Crippen molar-refractivity contribution in [3.05, 3.63) is 17.7 Å². The van der Waals surface area contributed by atoms with Gasteiger partial charge in [0.15, 0.2) is 0 Å². The second-order valence-electron chi connectivity index (χ2n) is 4.57. The van der Waals surface area contributed by atoms with Gasteiger partial charge >= 0.3 is 6.18 Å². The molecule has 108 valence electrons. The van der Waals surface area contributed by atoms with Gasteiger partial charge < -0.3 is 15.7 Å². The van der Waals surface area contributed by atoms with Gasteiger partial charge in [-0.05, 0) is 18.1 Å². The zero-order valence-electron chi connectivity index (χ0n) is 11.0. The van der Waals surface area contributed by atoms with Crippen LogP contribution in [0, 0.1) is 5.92 Å². The highest BCUT2D eigenvalue weighted by atomic mass is 19.4. The van der Waals surface area contributed by atoms with Crippen LogP contribution in [0.25, 0.3) is 0 Å². The molecule has 4 nitrogen and oxygen atoms in total. The SMILES string of the molecule is CNc1cc(C(F)(F)F)cc(NCC(O)C(C)C)n1. The molecule has 0 aliphatic rings. The second kappa shape index (κ2) is 6.10. The molecule has 0 radical (unpaired) electrons. The minimum absolute atomic E-state index is 0.0158. The van der Waals surface area contributed by atoms with Crippen molar-refractivity contribution in [2.24, 2.45) is 5.92 Å². The molecule has 1 aromatic rings. The molecule has 0 aromatic carbocycles. The molecule has 0 bridgehead atoms. The number of alkyl halides is 3. The Bertz CT molecular complexity index is 421. The quantitative estimate of drug-likeness (QED) is 0.774. The van der Waals surface area contributed by atoms with E-state index in [4.69, 9.17) is 0 Å². The molecule has 1 heterocycles. The normalized spacial score (nSPS) is 13.5. The van der Waals surface area contributed by atoms with Gasteiger partial charge in [-0.15, -0.1) is 0 Å². The van der Waals surface area contributed by atoms with Crippen molar-refractivity contribution < 1.29 is 18.3 Å². The largest absolute Gasteiger partial charge is 0.416 e. The van der Waals surface area contributed by atoms with E-state index in [0.717, 1.165) is 12.1 Å². The van der Waals surface area contributed by atoms with Crippen LogP contribution in [0.15, 0.2) is 12.1 Å². The van der Waals surface area contributed by atoms with Crippen LogP contribution in [0.4, 0.5) is 24.8 Å². The van der Waals surface area contributed by atoms with Crippen LogP contribution in [-0.4, -0.2) is 29.8 Å². The average molecular weight is 277 g/mol. The summed E-state index contributed by atoms with van der Waals surface area (Å²) >= 11 is 0. The smallest absolute Gasteiger partial charge is 0.391 e. The zero-order valence-corrected chi connectivity index (χ0v) is 11.0. The Labute approximate surface area is 110 Å². The fourth-order valence-electron chi connectivity index (χ4n) is 1.36. The van der Waals surface area contributed by atoms with Crippen molar-refractivity contribution in [2.75, 3.05) is 24.2 Å². The Balaban J connectivity index is 2.89. The van der Waals surface area contributed by atoms with Gasteiger partial charge in [0.25, 0.3) is 0 Å². The minimum Gasteiger partial charge on any atom is -0.391 e. The van der Waals surface area contributed by atoms with Gasteiger partial charge in [0.2, 0.25) is 0 Å². The standard InChI is InChI=1S/C12H18F3N3O/c1-7(2)9(19)6-17-11-5-8(12(13,14)15)4-10(16-3)18-11/h4-5,7,9,19H,6H2,1-3H3,(H2,16,17,18). The molecular formula is C12H18F3N3O. The third-order valence-electron chi connectivity index (χ3n) is 2.67. The van der Waals surface area contributed by atoms with E-state index in [-0.39, 0.29) is 24.1 Å². The van der Waals surface area contributed by atoms with Crippen LogP contribution >= 0.6 is 0 Å². The molecule has 1 unspecified atom stereocenters. The van der Waals surface area contributed by atoms with E-state index >= 15 is 0 Å². The maximum absolute atomic E-state index is 12.7. The Morgan fingerprint density at radius 3 is 2.32 bits per heavy atom. The lowest BCUT2D eigenvalue weighted by Gasteiger charge is -2.17. The van der Waals surface area contributed by atoms with E-state index in [1.54, 1.807) is 0 Å². The maximum Gasteiger partial charge on any atom is 0.416 e. The van der Waals surface area contributed by atoms with Crippen LogP contribution in [0.5, 0.6) is 0 Å². The van der Waals surface area contributed by atoms with E-state index in [2.05, 4.69) is 15.6 Å². The molecule has 1 atom stereocenters. The summed E-state index contributed by atoms with van der Waals surface area (Å²) in [6, 6.07) is 1.86. The molecule has 0 aliphatic heterocycles. The fraction of sp³-hybridized carbons (Fsp3) is 0.583. The summed E-state index contributed by atoms with van der Waals surface area (Å²) < 4.78 is 38.0. The van der Waals surface area contributed by atoms with E-state index < -0.39 is 17.8 Å². The summed E-state index contributed by atoms with van der Waals surface area (Å²) in [6.45, 7) is 3.80. The molecule has 7 heteroatoms. The highest BCUT2D eigenvalue weighted by Crippen LogP contribution is 2.31. The van der Waals surface area contributed by atoms with Crippen LogP contribution in [0.2, 0.25) is 0 Å². The molecule has 0 saturated heterocycles. The van der Waals surface area contributed by atoms with Gasteiger partial charge in [0.05, 0.1) is 11.7 Å². The first-order valence-corrected chi connectivity index (χ1v) is 5.93. The molecule has 0 amide bonds. The first-order valence-electron chi connectivity index (χ1n) is 5.93. The Morgan fingerprint density at radius 1 is 1.26 bits per heavy atom. The molecule has 0 saturated carbocycles. The van der Waals surface area contributed by atoms with Gasteiger partial charge in [0, 0.05) is 13.6 Å². The number of hydrogen-bond acceptors (Lipinski definition) is 4. The van der Waals surface area contributed by atoms with E-state index in [1.165, 1.54) is 7.05 Å². The number of halogens is 3. The van der Waals surface area contributed by atoms with Crippen LogP contribution in [0.3, 0.4) is 0 Å². The molecule has 0 fully saturated rings. The maximum atomic E-state index is 12.7. The number of nitrogens with one attached hydrogen (secondary N) is 2. The summed E-state index contributed by atoms with van der Waals surface area (Å²) in [4.78, 5) is 3.96. The first kappa shape index (κ1) is 15.6. The predicted octanol–water partition coefficient (Wildman–Crippen LogP) is 2.57. The van der Waals surface area contributed by atoms with Crippen LogP contribution in [-0.2, 0) is 6.18 Å². The summed E-state index contributed by atoms with van der Waals surface area (Å²) in [5.74, 6) is 0.220. The number of anilines is 2. The number of nitrogens with zero attached hydrogens (tertiary/aromatic N) is 1. The average Bonchev–Trinajstić information content (AvgIpc) is 2.34. The summed E-state index contributed by atoms with van der Waals surface area (Å²) in [6.07, 6.45) is -5.07. The lowest BCUT2D eigenvalue weighted by atomic mass is 10.1. The van der Waals surface area contributed by atoms with E-state index in [0.29, 0.717) is 0 Å². The topological polar surface area (TPSA) is 57.2 Å². The second-order valence-corrected chi connectivity index (χ2v) is 4.57. The van der Waals surface area contributed by atoms with Crippen LogP contribution in [0.1, 0.15) is 19.4 Å². The first-order chi connectivity index (χ1) is 8.74. The summed E-state index contributed by atoms with van der Waals surface area (Å²) in [7, 11) is 1.50. The van der Waals surface area contributed by atoms with E-state index in [9.17, 15) is 18.3 Å². The number of aliphatic hydroxyl groups excluding tert-OH is 1. The molecule has 0 aliphatic carbocycles. The minimum atomic E-state index is -4.43. The molecule has 1 aromatic heterocycles. The molecule has 19 heavy (non-hydrogen) atoms. The van der Waals surface area contributed by atoms with Crippen molar-refractivity contribution in [3.63, 3.8) is 0 Å². The Hall–Kier alpha value is -1.50. The van der Waals surface area contributed by atoms with Crippen LogP contribution < -0.4 is 10.6 Å². The summed E-state index contributed by atoms with van der Waals surface area (Å²) in [5, 5.41) is 14.9. The van der Waals surface area contributed by atoms with Gasteiger partial charge in [-0.1, -0.05) is 13.8 Å². The number of pyridine rings is 1. The number of hydrogen-bond donors (Lipinski definition) is 3. The van der Waals surface area contributed by atoms with E-state index in [1.807, 2.05) is 13.8 Å². The summed E-state index contributed by atoms with van der Waals surface area (Å²) in [5.41, 5.74) is -0.784. The number of aromatic nitrogens is 1. The van der Waals surface area contributed by atoms with Gasteiger partial charge in [-0.25, -0.2) is 4.98 Å². The van der Waals surface area contributed by atoms with Gasteiger partial charge in [0.1, 0.15) is 11.6 Å². The fourth-order valence-corrected chi connectivity index (χ4v) is 1.36. The number of rotatable bonds is 5.